The van der Waals surface area contributed by atoms with Gasteiger partial charge in [-0.15, -0.1) is 0 Å². The molecule has 0 heterocycles. The van der Waals surface area contributed by atoms with Crippen molar-refractivity contribution in [3.05, 3.63) is 41.5 Å². The summed E-state index contributed by atoms with van der Waals surface area (Å²) in [5.41, 5.74) is 2.07. The van der Waals surface area contributed by atoms with Crippen molar-refractivity contribution in [2.45, 2.75) is 40.5 Å². The fraction of sp³-hybridized carbons (Fsp3) is 0.500. The molecule has 1 aromatic rings. The minimum atomic E-state index is -0.178. The molecular formula is C18H22O. The van der Waals surface area contributed by atoms with Gasteiger partial charge in [0.25, 0.3) is 0 Å². The van der Waals surface area contributed by atoms with E-state index in [9.17, 15) is 4.79 Å². The molecule has 0 saturated heterocycles. The summed E-state index contributed by atoms with van der Waals surface area (Å²) in [6.07, 6.45) is 4.27. The number of benzene rings is 1. The molecule has 0 aromatic heterocycles. The van der Waals surface area contributed by atoms with Crippen molar-refractivity contribution >= 4 is 11.9 Å². The molecular weight excluding hydrogens is 232 g/mol. The van der Waals surface area contributed by atoms with Gasteiger partial charge < -0.3 is 0 Å². The molecule has 100 valence electrons. The molecule has 1 heteroatoms. The van der Waals surface area contributed by atoms with Crippen LogP contribution in [0.1, 0.15) is 46.1 Å². The lowest BCUT2D eigenvalue weighted by molar-refractivity contribution is -0.125. The standard InChI is InChI=1S/C18H22O/c1-16(2)17(3)10-11-18(16,4)15(19)14(17)12-13-8-6-5-7-9-13/h5-9,12H,10-11H2,1-4H3. The van der Waals surface area contributed by atoms with Crippen LogP contribution in [-0.4, -0.2) is 5.78 Å². The average Bonchev–Trinajstić information content (AvgIpc) is 2.63. The number of Topliss-reactive ketones (excluding diaryl/α,β-unsaturated/α-hetero) is 1. The van der Waals surface area contributed by atoms with Crippen LogP contribution in [0.2, 0.25) is 0 Å². The molecule has 2 aliphatic rings. The van der Waals surface area contributed by atoms with E-state index >= 15 is 0 Å². The van der Waals surface area contributed by atoms with E-state index in [0.29, 0.717) is 5.78 Å². The van der Waals surface area contributed by atoms with E-state index < -0.39 is 0 Å². The van der Waals surface area contributed by atoms with Crippen LogP contribution in [-0.2, 0) is 4.79 Å². The highest BCUT2D eigenvalue weighted by Crippen LogP contribution is 2.72. The Hall–Kier alpha value is -1.37. The molecule has 2 bridgehead atoms. The van der Waals surface area contributed by atoms with Gasteiger partial charge in [-0.1, -0.05) is 58.0 Å². The van der Waals surface area contributed by atoms with E-state index in [1.165, 1.54) is 0 Å². The lowest BCUT2D eigenvalue weighted by Crippen LogP contribution is -2.34. The summed E-state index contributed by atoms with van der Waals surface area (Å²) in [6, 6.07) is 10.2. The second-order valence-electron chi connectivity index (χ2n) is 7.09. The highest BCUT2D eigenvalue weighted by Gasteiger charge is 2.69. The fourth-order valence-corrected chi connectivity index (χ4v) is 4.09. The van der Waals surface area contributed by atoms with Gasteiger partial charge in [-0.25, -0.2) is 0 Å². The average molecular weight is 254 g/mol. The first-order valence-electron chi connectivity index (χ1n) is 7.15. The minimum Gasteiger partial charge on any atom is -0.294 e. The van der Waals surface area contributed by atoms with Crippen LogP contribution >= 0.6 is 0 Å². The molecule has 19 heavy (non-hydrogen) atoms. The van der Waals surface area contributed by atoms with E-state index in [0.717, 1.165) is 24.0 Å². The molecule has 2 unspecified atom stereocenters. The van der Waals surface area contributed by atoms with Gasteiger partial charge in [0, 0.05) is 16.4 Å². The second-order valence-corrected chi connectivity index (χ2v) is 7.09. The van der Waals surface area contributed by atoms with E-state index in [1.807, 2.05) is 18.2 Å². The Balaban J connectivity index is 2.15. The first-order valence-corrected chi connectivity index (χ1v) is 7.15. The number of hydrogen-bond donors (Lipinski definition) is 0. The predicted octanol–water partition coefficient (Wildman–Crippen LogP) is 4.49. The third-order valence-corrected chi connectivity index (χ3v) is 6.33. The van der Waals surface area contributed by atoms with Crippen molar-refractivity contribution in [1.82, 2.24) is 0 Å². The summed E-state index contributed by atoms with van der Waals surface area (Å²) in [5, 5.41) is 0. The molecule has 1 nitrogen and oxygen atoms in total. The molecule has 2 saturated carbocycles. The van der Waals surface area contributed by atoms with E-state index in [1.54, 1.807) is 0 Å². The zero-order valence-electron chi connectivity index (χ0n) is 12.3. The molecule has 0 aliphatic heterocycles. The Kier molecular flexibility index (Phi) is 2.39. The van der Waals surface area contributed by atoms with Crippen molar-refractivity contribution in [3.8, 4) is 0 Å². The fourth-order valence-electron chi connectivity index (χ4n) is 4.09. The molecule has 3 rings (SSSR count). The highest BCUT2D eigenvalue weighted by molar-refractivity contribution is 6.09. The third-order valence-electron chi connectivity index (χ3n) is 6.33. The van der Waals surface area contributed by atoms with Gasteiger partial charge in [-0.2, -0.15) is 0 Å². The van der Waals surface area contributed by atoms with Crippen LogP contribution < -0.4 is 0 Å². The Morgan fingerprint density at radius 2 is 1.53 bits per heavy atom. The van der Waals surface area contributed by atoms with Crippen LogP contribution in [0, 0.1) is 16.2 Å². The number of fused-ring (bicyclic) bond motifs is 2. The van der Waals surface area contributed by atoms with Gasteiger partial charge >= 0.3 is 0 Å². The van der Waals surface area contributed by atoms with Gasteiger partial charge in [-0.3, -0.25) is 4.79 Å². The highest BCUT2D eigenvalue weighted by atomic mass is 16.1. The summed E-state index contributed by atoms with van der Waals surface area (Å²) in [6.45, 7) is 8.97. The van der Waals surface area contributed by atoms with Crippen LogP contribution in [0.15, 0.2) is 35.9 Å². The van der Waals surface area contributed by atoms with Gasteiger partial charge in [0.05, 0.1) is 0 Å². The summed E-state index contributed by atoms with van der Waals surface area (Å²) in [4.78, 5) is 12.8. The Bertz CT molecular complexity index is 567. The maximum Gasteiger partial charge on any atom is 0.165 e. The molecule has 0 N–H and O–H groups in total. The van der Waals surface area contributed by atoms with Gasteiger partial charge in [0.2, 0.25) is 0 Å². The van der Waals surface area contributed by atoms with E-state index in [2.05, 4.69) is 45.9 Å². The first kappa shape index (κ1) is 12.7. The monoisotopic (exact) mass is 254 g/mol. The summed E-state index contributed by atoms with van der Waals surface area (Å²) < 4.78 is 0. The van der Waals surface area contributed by atoms with Crippen molar-refractivity contribution < 1.29 is 4.79 Å². The smallest absolute Gasteiger partial charge is 0.165 e. The number of carbonyl (C=O) groups excluding carboxylic acids is 1. The Labute approximate surface area is 115 Å². The molecule has 0 radical (unpaired) electrons. The van der Waals surface area contributed by atoms with Gasteiger partial charge in [0.15, 0.2) is 5.78 Å². The second kappa shape index (κ2) is 3.59. The number of hydrogen-bond acceptors (Lipinski definition) is 1. The molecule has 2 atom stereocenters. The zero-order chi connectivity index (χ0) is 13.9. The quantitative estimate of drug-likeness (QED) is 0.675. The first-order chi connectivity index (χ1) is 8.83. The van der Waals surface area contributed by atoms with Crippen molar-refractivity contribution in [2.75, 3.05) is 0 Å². The molecule has 0 spiro atoms. The largest absolute Gasteiger partial charge is 0.294 e. The normalized spacial score (nSPS) is 38.1. The lowest BCUT2D eigenvalue weighted by atomic mass is 9.65. The summed E-state index contributed by atoms with van der Waals surface area (Å²) in [5.74, 6) is 0.370. The van der Waals surface area contributed by atoms with Crippen LogP contribution in [0.25, 0.3) is 6.08 Å². The Morgan fingerprint density at radius 1 is 0.947 bits per heavy atom. The SMILES string of the molecule is CC12CCC(C)(C(=Cc3ccccc3)C1=O)C2(C)C. The van der Waals surface area contributed by atoms with Crippen molar-refractivity contribution in [1.29, 1.82) is 0 Å². The topological polar surface area (TPSA) is 17.1 Å². The number of rotatable bonds is 1. The maximum absolute atomic E-state index is 12.8. The van der Waals surface area contributed by atoms with Gasteiger partial charge in [-0.05, 0) is 29.9 Å². The molecule has 0 amide bonds. The molecule has 1 aromatic carbocycles. The number of carbonyl (C=O) groups is 1. The zero-order valence-corrected chi connectivity index (χ0v) is 12.3. The summed E-state index contributed by atoms with van der Waals surface area (Å²) in [7, 11) is 0. The Morgan fingerprint density at radius 3 is 2.05 bits per heavy atom. The van der Waals surface area contributed by atoms with Gasteiger partial charge in [0.1, 0.15) is 0 Å². The summed E-state index contributed by atoms with van der Waals surface area (Å²) >= 11 is 0. The molecule has 2 fully saturated rings. The van der Waals surface area contributed by atoms with Crippen LogP contribution in [0.3, 0.4) is 0 Å². The van der Waals surface area contributed by atoms with E-state index in [-0.39, 0.29) is 16.2 Å². The number of ketones is 1. The van der Waals surface area contributed by atoms with Crippen LogP contribution in [0.4, 0.5) is 0 Å². The maximum atomic E-state index is 12.8. The lowest BCUT2D eigenvalue weighted by Gasteiger charge is -2.37. The third kappa shape index (κ3) is 1.34. The van der Waals surface area contributed by atoms with Crippen LogP contribution in [0.5, 0.6) is 0 Å². The molecule has 2 aliphatic carbocycles. The van der Waals surface area contributed by atoms with Crippen molar-refractivity contribution in [2.24, 2.45) is 16.2 Å². The number of allylic oxidation sites excluding steroid dienone is 1. The minimum absolute atomic E-state index is 0.0225. The predicted molar refractivity (Wildman–Crippen MR) is 78.7 cm³/mol. The van der Waals surface area contributed by atoms with Crippen molar-refractivity contribution in [3.63, 3.8) is 0 Å². The van der Waals surface area contributed by atoms with E-state index in [4.69, 9.17) is 0 Å².